The lowest BCUT2D eigenvalue weighted by molar-refractivity contribution is 0.235. The Morgan fingerprint density at radius 3 is 2.08 bits per heavy atom. The number of halogens is 1. The van der Waals surface area contributed by atoms with Crippen molar-refractivity contribution in [3.63, 3.8) is 0 Å². The van der Waals surface area contributed by atoms with Crippen LogP contribution in [-0.2, 0) is 9.84 Å². The molecule has 2 amide bonds. The molecule has 2 rings (SSSR count). The number of nitrogens with one attached hydrogen (secondary N) is 2. The fraction of sp³-hybridized carbons (Fsp3) is 0.278. The van der Waals surface area contributed by atoms with Gasteiger partial charge in [0.15, 0.2) is 9.84 Å². The minimum Gasteiger partial charge on any atom is -0.332 e. The summed E-state index contributed by atoms with van der Waals surface area (Å²) in [5.74, 6) is 0. The predicted octanol–water partition coefficient (Wildman–Crippen LogP) is 3.86. The third-order valence-electron chi connectivity index (χ3n) is 3.88. The minimum atomic E-state index is -3.23. The maximum absolute atomic E-state index is 12.2. The van der Waals surface area contributed by atoms with E-state index >= 15 is 0 Å². The molecule has 0 aromatic heterocycles. The highest BCUT2D eigenvalue weighted by Crippen LogP contribution is 2.22. The molecule has 2 aromatic carbocycles. The fourth-order valence-corrected chi connectivity index (χ4v) is 3.36. The van der Waals surface area contributed by atoms with Gasteiger partial charge in [-0.25, -0.2) is 13.2 Å². The first-order chi connectivity index (χ1) is 11.7. The van der Waals surface area contributed by atoms with Crippen molar-refractivity contribution in [2.24, 2.45) is 0 Å². The summed E-state index contributed by atoms with van der Waals surface area (Å²) in [7, 11) is -3.23. The van der Waals surface area contributed by atoms with Gasteiger partial charge in [0.2, 0.25) is 0 Å². The van der Waals surface area contributed by atoms with Crippen LogP contribution in [0.15, 0.2) is 53.4 Å². The molecule has 134 valence electrons. The highest BCUT2D eigenvalue weighted by atomic mass is 35.5. The Kier molecular flexibility index (Phi) is 6.08. The van der Waals surface area contributed by atoms with Crippen LogP contribution in [0, 0.1) is 0 Å². The van der Waals surface area contributed by atoms with Gasteiger partial charge >= 0.3 is 6.03 Å². The molecule has 0 aliphatic carbocycles. The van der Waals surface area contributed by atoms with Crippen LogP contribution in [0.4, 0.5) is 4.79 Å². The maximum atomic E-state index is 12.2. The molecular formula is C18H21ClN2O3S. The standard InChI is InChI=1S/C18H21ClN2O3S/c1-12(14-8-10-15(11-9-14)25(3,23)24)20-18(22)21-13(2)16-6-4-5-7-17(16)19/h4-13H,1-3H3,(H2,20,21,22). The summed E-state index contributed by atoms with van der Waals surface area (Å²) >= 11 is 6.13. The van der Waals surface area contributed by atoms with Crippen LogP contribution in [0.3, 0.4) is 0 Å². The quantitative estimate of drug-likeness (QED) is 0.826. The molecule has 25 heavy (non-hydrogen) atoms. The molecule has 5 nitrogen and oxygen atoms in total. The predicted molar refractivity (Wildman–Crippen MR) is 99.5 cm³/mol. The fourth-order valence-electron chi connectivity index (χ4n) is 2.43. The van der Waals surface area contributed by atoms with E-state index in [9.17, 15) is 13.2 Å². The van der Waals surface area contributed by atoms with E-state index in [4.69, 9.17) is 11.6 Å². The van der Waals surface area contributed by atoms with Gasteiger partial charge in [-0.2, -0.15) is 0 Å². The monoisotopic (exact) mass is 380 g/mol. The number of hydrogen-bond donors (Lipinski definition) is 2. The molecule has 2 aromatic rings. The average Bonchev–Trinajstić information content (AvgIpc) is 2.54. The van der Waals surface area contributed by atoms with Crippen molar-refractivity contribution in [2.45, 2.75) is 30.8 Å². The summed E-state index contributed by atoms with van der Waals surface area (Å²) in [6.45, 7) is 3.68. The second-order valence-corrected chi connectivity index (χ2v) is 8.35. The van der Waals surface area contributed by atoms with Gasteiger partial charge in [-0.3, -0.25) is 0 Å². The summed E-state index contributed by atoms with van der Waals surface area (Å²) in [5.41, 5.74) is 1.65. The molecule has 0 heterocycles. The van der Waals surface area contributed by atoms with Crippen molar-refractivity contribution in [3.05, 3.63) is 64.7 Å². The van der Waals surface area contributed by atoms with Crippen molar-refractivity contribution in [1.29, 1.82) is 0 Å². The van der Waals surface area contributed by atoms with Gasteiger partial charge < -0.3 is 10.6 Å². The van der Waals surface area contributed by atoms with Gasteiger partial charge in [0.05, 0.1) is 17.0 Å². The molecule has 0 bridgehead atoms. The number of amides is 2. The Hall–Kier alpha value is -2.05. The topological polar surface area (TPSA) is 75.3 Å². The second kappa shape index (κ2) is 7.89. The molecule has 2 N–H and O–H groups in total. The number of benzene rings is 2. The molecule has 0 spiro atoms. The van der Waals surface area contributed by atoms with Crippen LogP contribution < -0.4 is 10.6 Å². The summed E-state index contributed by atoms with van der Waals surface area (Å²) < 4.78 is 23.0. The van der Waals surface area contributed by atoms with Crippen LogP contribution in [-0.4, -0.2) is 20.7 Å². The van der Waals surface area contributed by atoms with E-state index in [1.165, 1.54) is 12.1 Å². The van der Waals surface area contributed by atoms with Crippen LogP contribution >= 0.6 is 11.6 Å². The average molecular weight is 381 g/mol. The first kappa shape index (κ1) is 19.3. The third-order valence-corrected chi connectivity index (χ3v) is 5.35. The van der Waals surface area contributed by atoms with Crippen molar-refractivity contribution in [2.75, 3.05) is 6.26 Å². The molecule has 0 aliphatic heterocycles. The van der Waals surface area contributed by atoms with E-state index in [1.807, 2.05) is 32.0 Å². The number of carbonyl (C=O) groups excluding carboxylic acids is 1. The van der Waals surface area contributed by atoms with E-state index in [0.717, 1.165) is 17.4 Å². The first-order valence-corrected chi connectivity index (χ1v) is 10.1. The zero-order valence-electron chi connectivity index (χ0n) is 14.3. The zero-order valence-corrected chi connectivity index (χ0v) is 15.9. The summed E-state index contributed by atoms with van der Waals surface area (Å²) in [4.78, 5) is 12.4. The molecule has 0 radical (unpaired) electrons. The maximum Gasteiger partial charge on any atom is 0.315 e. The molecule has 0 saturated carbocycles. The van der Waals surface area contributed by atoms with Crippen molar-refractivity contribution < 1.29 is 13.2 Å². The van der Waals surface area contributed by atoms with Gasteiger partial charge in [-0.05, 0) is 43.2 Å². The number of hydrogen-bond acceptors (Lipinski definition) is 3. The largest absolute Gasteiger partial charge is 0.332 e. The van der Waals surface area contributed by atoms with Crippen LogP contribution in [0.25, 0.3) is 0 Å². The Morgan fingerprint density at radius 1 is 0.960 bits per heavy atom. The Balaban J connectivity index is 1.99. The van der Waals surface area contributed by atoms with Gasteiger partial charge in [0.25, 0.3) is 0 Å². The summed E-state index contributed by atoms with van der Waals surface area (Å²) in [6, 6.07) is 13.0. The summed E-state index contributed by atoms with van der Waals surface area (Å²) in [6.07, 6.45) is 1.16. The Bertz CT molecular complexity index is 851. The number of rotatable bonds is 5. The molecular weight excluding hydrogens is 360 g/mol. The zero-order chi connectivity index (χ0) is 18.6. The lowest BCUT2D eigenvalue weighted by atomic mass is 10.1. The van der Waals surface area contributed by atoms with Crippen LogP contribution in [0.1, 0.15) is 37.1 Å². The second-order valence-electron chi connectivity index (χ2n) is 5.92. The molecule has 2 atom stereocenters. The lowest BCUT2D eigenvalue weighted by Gasteiger charge is -2.19. The van der Waals surface area contributed by atoms with Crippen molar-refractivity contribution in [3.8, 4) is 0 Å². The SMILES string of the molecule is CC(NC(=O)NC(C)c1ccccc1Cl)c1ccc(S(C)(=O)=O)cc1. The molecule has 0 aliphatic rings. The van der Waals surface area contributed by atoms with E-state index in [1.54, 1.807) is 18.2 Å². The van der Waals surface area contributed by atoms with E-state index < -0.39 is 9.84 Å². The number of sulfone groups is 1. The smallest absolute Gasteiger partial charge is 0.315 e. The molecule has 0 saturated heterocycles. The van der Waals surface area contributed by atoms with Crippen LogP contribution in [0.2, 0.25) is 5.02 Å². The van der Waals surface area contributed by atoms with Gasteiger partial charge in [0, 0.05) is 11.3 Å². The van der Waals surface area contributed by atoms with Gasteiger partial charge in [-0.15, -0.1) is 0 Å². The first-order valence-electron chi connectivity index (χ1n) is 7.80. The molecule has 7 heteroatoms. The summed E-state index contributed by atoms with van der Waals surface area (Å²) in [5, 5.41) is 6.27. The third kappa shape index (κ3) is 5.21. The number of urea groups is 1. The van der Waals surface area contributed by atoms with E-state index in [2.05, 4.69) is 10.6 Å². The highest BCUT2D eigenvalue weighted by molar-refractivity contribution is 7.90. The highest BCUT2D eigenvalue weighted by Gasteiger charge is 2.15. The number of carbonyl (C=O) groups is 1. The van der Waals surface area contributed by atoms with Crippen LogP contribution in [0.5, 0.6) is 0 Å². The molecule has 0 fully saturated rings. The Labute approximate surface area is 153 Å². The van der Waals surface area contributed by atoms with Gasteiger partial charge in [0.1, 0.15) is 0 Å². The normalized spacial score (nSPS) is 13.8. The molecule has 2 unspecified atom stereocenters. The minimum absolute atomic E-state index is 0.242. The van der Waals surface area contributed by atoms with E-state index in [0.29, 0.717) is 5.02 Å². The van der Waals surface area contributed by atoms with E-state index in [-0.39, 0.29) is 23.0 Å². The Morgan fingerprint density at radius 2 is 1.52 bits per heavy atom. The lowest BCUT2D eigenvalue weighted by Crippen LogP contribution is -2.38. The van der Waals surface area contributed by atoms with Crippen molar-refractivity contribution >= 4 is 27.5 Å². The van der Waals surface area contributed by atoms with Crippen molar-refractivity contribution in [1.82, 2.24) is 10.6 Å². The van der Waals surface area contributed by atoms with Gasteiger partial charge in [-0.1, -0.05) is 41.9 Å².